The molecule has 68 valence electrons. The molecule has 2 N–H and O–H groups in total. The van der Waals surface area contributed by atoms with Gasteiger partial charge in [0.05, 0.1) is 6.67 Å². The normalized spacial score (nSPS) is 10.4. The van der Waals surface area contributed by atoms with Gasteiger partial charge >= 0.3 is 0 Å². The van der Waals surface area contributed by atoms with Crippen LogP contribution in [-0.4, -0.2) is 13.2 Å². The SMILES string of the molecule is NCCCCCCCCCF. The second-order valence-electron chi connectivity index (χ2n) is 2.95. The fourth-order valence-corrected chi connectivity index (χ4v) is 1.12. The minimum absolute atomic E-state index is 0.150. The van der Waals surface area contributed by atoms with Gasteiger partial charge in [0.2, 0.25) is 0 Å². The van der Waals surface area contributed by atoms with Crippen LogP contribution < -0.4 is 5.73 Å². The number of nitrogens with two attached hydrogens (primary N) is 1. The van der Waals surface area contributed by atoms with Crippen LogP contribution in [0.3, 0.4) is 0 Å². The van der Waals surface area contributed by atoms with E-state index in [2.05, 4.69) is 0 Å². The van der Waals surface area contributed by atoms with E-state index >= 15 is 0 Å². The third kappa shape index (κ3) is 9.89. The molecule has 0 bridgehead atoms. The highest BCUT2D eigenvalue weighted by molar-refractivity contribution is 4.45. The number of rotatable bonds is 8. The molecular weight excluding hydrogens is 141 g/mol. The van der Waals surface area contributed by atoms with Crippen molar-refractivity contribution < 1.29 is 4.39 Å². The summed E-state index contributed by atoms with van der Waals surface area (Å²) in [5, 5.41) is 0. The van der Waals surface area contributed by atoms with Gasteiger partial charge in [-0.25, -0.2) is 0 Å². The fourth-order valence-electron chi connectivity index (χ4n) is 1.12. The van der Waals surface area contributed by atoms with E-state index in [1.165, 1.54) is 25.7 Å². The predicted molar refractivity (Wildman–Crippen MR) is 47.3 cm³/mol. The summed E-state index contributed by atoms with van der Waals surface area (Å²) in [6, 6.07) is 0. The van der Waals surface area contributed by atoms with Gasteiger partial charge in [0.15, 0.2) is 0 Å². The minimum atomic E-state index is -0.150. The maximum absolute atomic E-state index is 11.6. The first-order valence-corrected chi connectivity index (χ1v) is 4.68. The van der Waals surface area contributed by atoms with Crippen LogP contribution >= 0.6 is 0 Å². The highest BCUT2D eigenvalue weighted by Gasteiger charge is 1.89. The lowest BCUT2D eigenvalue weighted by atomic mass is 10.1. The molecule has 0 saturated carbocycles. The Morgan fingerprint density at radius 3 is 1.64 bits per heavy atom. The zero-order chi connectivity index (χ0) is 8.36. The molecule has 0 aromatic rings. The smallest absolute Gasteiger partial charge is 0.0894 e. The van der Waals surface area contributed by atoms with Crippen molar-refractivity contribution >= 4 is 0 Å². The lowest BCUT2D eigenvalue weighted by Crippen LogP contribution is -1.97. The number of alkyl halides is 1. The number of hydrogen-bond donors (Lipinski definition) is 1. The van der Waals surface area contributed by atoms with Gasteiger partial charge < -0.3 is 5.73 Å². The van der Waals surface area contributed by atoms with E-state index in [1.807, 2.05) is 0 Å². The first-order valence-electron chi connectivity index (χ1n) is 4.68. The Bertz CT molecular complexity index is 58.6. The Balaban J connectivity index is 2.69. The van der Waals surface area contributed by atoms with Gasteiger partial charge in [-0.1, -0.05) is 32.1 Å². The van der Waals surface area contributed by atoms with Crippen molar-refractivity contribution in [1.29, 1.82) is 0 Å². The van der Waals surface area contributed by atoms with E-state index < -0.39 is 0 Å². The molecule has 0 fully saturated rings. The molecule has 0 amide bonds. The van der Waals surface area contributed by atoms with Gasteiger partial charge in [0.25, 0.3) is 0 Å². The third-order valence-electron chi connectivity index (χ3n) is 1.84. The maximum Gasteiger partial charge on any atom is 0.0894 e. The Morgan fingerprint density at radius 1 is 0.727 bits per heavy atom. The van der Waals surface area contributed by atoms with Crippen molar-refractivity contribution in [3.63, 3.8) is 0 Å². The molecule has 0 rings (SSSR count). The standard InChI is InChI=1S/C9H20FN/c10-8-6-4-2-1-3-5-7-9-11/h1-9,11H2. The molecule has 0 aliphatic heterocycles. The van der Waals surface area contributed by atoms with E-state index in [9.17, 15) is 4.39 Å². The summed E-state index contributed by atoms with van der Waals surface area (Å²) >= 11 is 0. The first kappa shape index (κ1) is 10.9. The number of halogens is 1. The van der Waals surface area contributed by atoms with Crippen LogP contribution in [0.4, 0.5) is 4.39 Å². The van der Waals surface area contributed by atoms with Crippen molar-refractivity contribution in [3.8, 4) is 0 Å². The number of unbranched alkanes of at least 4 members (excludes halogenated alkanes) is 6. The van der Waals surface area contributed by atoms with Crippen LogP contribution in [0, 0.1) is 0 Å². The molecule has 0 unspecified atom stereocenters. The summed E-state index contributed by atoms with van der Waals surface area (Å²) in [6.45, 7) is 0.660. The summed E-state index contributed by atoms with van der Waals surface area (Å²) in [6.07, 6.45) is 7.89. The van der Waals surface area contributed by atoms with Crippen LogP contribution in [0.5, 0.6) is 0 Å². The summed E-state index contributed by atoms with van der Waals surface area (Å²) in [5.41, 5.74) is 5.34. The molecular formula is C9H20FN. The lowest BCUT2D eigenvalue weighted by Gasteiger charge is -1.98. The van der Waals surface area contributed by atoms with Gasteiger partial charge in [-0.05, 0) is 19.4 Å². The third-order valence-corrected chi connectivity index (χ3v) is 1.84. The van der Waals surface area contributed by atoms with Crippen molar-refractivity contribution in [2.24, 2.45) is 5.73 Å². The van der Waals surface area contributed by atoms with Crippen molar-refractivity contribution in [2.45, 2.75) is 44.9 Å². The quantitative estimate of drug-likeness (QED) is 0.544. The Morgan fingerprint density at radius 2 is 1.18 bits per heavy atom. The molecule has 11 heavy (non-hydrogen) atoms. The van der Waals surface area contributed by atoms with E-state index in [4.69, 9.17) is 5.73 Å². The zero-order valence-corrected chi connectivity index (χ0v) is 7.32. The van der Waals surface area contributed by atoms with E-state index in [0.717, 1.165) is 25.8 Å². The Kier molecular flexibility index (Phi) is 9.79. The molecule has 1 nitrogen and oxygen atoms in total. The van der Waals surface area contributed by atoms with Crippen molar-refractivity contribution in [1.82, 2.24) is 0 Å². The van der Waals surface area contributed by atoms with Crippen LogP contribution in [0.2, 0.25) is 0 Å². The largest absolute Gasteiger partial charge is 0.330 e. The molecule has 0 aromatic carbocycles. The lowest BCUT2D eigenvalue weighted by molar-refractivity contribution is 0.450. The summed E-state index contributed by atoms with van der Waals surface area (Å²) in [4.78, 5) is 0. The van der Waals surface area contributed by atoms with Crippen molar-refractivity contribution in [3.05, 3.63) is 0 Å². The van der Waals surface area contributed by atoms with E-state index in [0.29, 0.717) is 0 Å². The number of hydrogen-bond acceptors (Lipinski definition) is 1. The van der Waals surface area contributed by atoms with E-state index in [-0.39, 0.29) is 6.67 Å². The highest BCUT2D eigenvalue weighted by atomic mass is 19.1. The van der Waals surface area contributed by atoms with E-state index in [1.54, 1.807) is 0 Å². The molecule has 0 aliphatic rings. The molecule has 0 spiro atoms. The minimum Gasteiger partial charge on any atom is -0.330 e. The van der Waals surface area contributed by atoms with Crippen LogP contribution in [-0.2, 0) is 0 Å². The van der Waals surface area contributed by atoms with Crippen LogP contribution in [0.1, 0.15) is 44.9 Å². The second-order valence-corrected chi connectivity index (χ2v) is 2.95. The van der Waals surface area contributed by atoms with Gasteiger partial charge in [-0.2, -0.15) is 0 Å². The molecule has 0 radical (unpaired) electrons. The topological polar surface area (TPSA) is 26.0 Å². The molecule has 0 aromatic heterocycles. The zero-order valence-electron chi connectivity index (χ0n) is 7.32. The molecule has 0 aliphatic carbocycles. The molecule has 0 heterocycles. The Labute approximate surface area is 69.2 Å². The maximum atomic E-state index is 11.6. The van der Waals surface area contributed by atoms with Crippen LogP contribution in [0.15, 0.2) is 0 Å². The predicted octanol–water partition coefficient (Wildman–Crippen LogP) is 2.65. The monoisotopic (exact) mass is 161 g/mol. The first-order chi connectivity index (χ1) is 5.41. The second kappa shape index (κ2) is 9.89. The van der Waals surface area contributed by atoms with Gasteiger partial charge in [0.1, 0.15) is 0 Å². The summed E-state index contributed by atoms with van der Waals surface area (Å²) in [5.74, 6) is 0. The average Bonchev–Trinajstić information content (AvgIpc) is 2.03. The fraction of sp³-hybridized carbons (Fsp3) is 1.00. The Hall–Kier alpha value is -0.110. The van der Waals surface area contributed by atoms with Crippen molar-refractivity contribution in [2.75, 3.05) is 13.2 Å². The summed E-state index contributed by atoms with van der Waals surface area (Å²) in [7, 11) is 0. The van der Waals surface area contributed by atoms with Crippen LogP contribution in [0.25, 0.3) is 0 Å². The van der Waals surface area contributed by atoms with Gasteiger partial charge in [0, 0.05) is 0 Å². The molecule has 0 atom stereocenters. The summed E-state index contributed by atoms with van der Waals surface area (Å²) < 4.78 is 11.6. The molecule has 2 heteroatoms. The van der Waals surface area contributed by atoms with Gasteiger partial charge in [-0.3, -0.25) is 4.39 Å². The molecule has 0 saturated heterocycles. The average molecular weight is 161 g/mol. The highest BCUT2D eigenvalue weighted by Crippen LogP contribution is 2.06. The van der Waals surface area contributed by atoms with Gasteiger partial charge in [-0.15, -0.1) is 0 Å².